The van der Waals surface area contributed by atoms with Crippen LogP contribution in [0.5, 0.6) is 11.8 Å². The SMILES string of the molecule is [2H]C([2H])([2H])N1CC/C(=C\F)[C@](C)(C([2H])([2H])Oc2nc(N3C[C@H]4CC[C@@H](C3)N4C(=O)OC(C)(C)C)c3cnc(-c4cc(O[Si](C(C)C)(C(C)C)C(C)C)cc5ccc(F)c(C#C[Si](C(C)C)(C(C)C)C(C)C)c45)c(F)c3n2)C1. The summed E-state index contributed by atoms with van der Waals surface area (Å²) in [7, 11) is -5.10. The number of carbonyl (C=O) groups excluding carboxylic acids is 1. The fourth-order valence-corrected chi connectivity index (χ4v) is 23.1. The highest BCUT2D eigenvalue weighted by Gasteiger charge is 2.48. The zero-order valence-corrected chi connectivity index (χ0v) is 47.5. The number of hydrogen-bond acceptors (Lipinski definition) is 9. The predicted molar refractivity (Wildman–Crippen MR) is 292 cm³/mol. The molecule has 5 heterocycles. The van der Waals surface area contributed by atoms with E-state index in [1.165, 1.54) is 19.2 Å². The number of anilines is 1. The zero-order valence-electron chi connectivity index (χ0n) is 50.5. The molecule has 3 fully saturated rings. The number of hydrogen-bond donors (Lipinski definition) is 0. The predicted octanol–water partition coefficient (Wildman–Crippen LogP) is 14.4. The van der Waals surface area contributed by atoms with E-state index in [4.69, 9.17) is 28.0 Å². The van der Waals surface area contributed by atoms with Gasteiger partial charge in [0.05, 0.1) is 32.1 Å². The average Bonchev–Trinajstić information content (AvgIpc) is 3.60. The number of piperidine rings is 1. The molecule has 1 amide bonds. The first-order valence-electron chi connectivity index (χ1n) is 28.5. The summed E-state index contributed by atoms with van der Waals surface area (Å²) >= 11 is 0. The normalized spacial score (nSPS) is 22.2. The monoisotopic (exact) mass is 1030 g/mol. The molecular formula is C57H81F3N6O4Si2. The fourth-order valence-electron chi connectivity index (χ4n) is 12.7. The third kappa shape index (κ3) is 10.3. The van der Waals surface area contributed by atoms with Crippen LogP contribution in [-0.4, -0.2) is 105 Å². The van der Waals surface area contributed by atoms with Gasteiger partial charge in [0.2, 0.25) is 0 Å². The van der Waals surface area contributed by atoms with E-state index in [2.05, 4.69) is 99.5 Å². The Hall–Kier alpha value is -4.66. The molecule has 3 aliphatic rings. The molecule has 7 rings (SSSR count). The van der Waals surface area contributed by atoms with Gasteiger partial charge < -0.3 is 23.7 Å². The molecule has 3 aliphatic heterocycles. The minimum absolute atomic E-state index is 0.00814. The van der Waals surface area contributed by atoms with Gasteiger partial charge >= 0.3 is 12.1 Å². The first-order valence-corrected chi connectivity index (χ1v) is 30.4. The first kappa shape index (κ1) is 48.3. The number of pyridine rings is 1. The van der Waals surface area contributed by atoms with Crippen molar-refractivity contribution < 1.29 is 38.7 Å². The van der Waals surface area contributed by atoms with Crippen molar-refractivity contribution in [3.05, 3.63) is 59.6 Å². The van der Waals surface area contributed by atoms with Crippen molar-refractivity contribution in [3.8, 4) is 34.5 Å². The van der Waals surface area contributed by atoms with Crippen LogP contribution in [0, 0.1) is 28.5 Å². The van der Waals surface area contributed by atoms with Gasteiger partial charge in [0, 0.05) is 52.9 Å². The number of benzene rings is 2. The maximum absolute atomic E-state index is 18.6. The lowest BCUT2D eigenvalue weighted by Crippen LogP contribution is -2.57. The smallest absolute Gasteiger partial charge is 0.410 e. The van der Waals surface area contributed by atoms with Crippen LogP contribution in [0.3, 0.4) is 0 Å². The zero-order chi connectivity index (χ0) is 57.3. The Morgan fingerprint density at radius 3 is 2.12 bits per heavy atom. The summed E-state index contributed by atoms with van der Waals surface area (Å²) in [4.78, 5) is 32.6. The summed E-state index contributed by atoms with van der Waals surface area (Å²) < 4.78 is 113. The van der Waals surface area contributed by atoms with E-state index in [-0.39, 0.29) is 111 Å². The molecule has 4 aromatic rings. The number of piperazine rings is 1. The van der Waals surface area contributed by atoms with Gasteiger partial charge in [0.15, 0.2) is 5.82 Å². The molecule has 0 spiro atoms. The van der Waals surface area contributed by atoms with Gasteiger partial charge in [0.1, 0.15) is 48.8 Å². The number of fused-ring (bicyclic) bond motifs is 4. The van der Waals surface area contributed by atoms with E-state index in [1.807, 2.05) is 11.0 Å². The molecule has 2 aromatic heterocycles. The number of ether oxygens (including phenoxy) is 2. The van der Waals surface area contributed by atoms with Crippen molar-refractivity contribution in [1.82, 2.24) is 24.8 Å². The van der Waals surface area contributed by atoms with Gasteiger partial charge in [-0.25, -0.2) is 18.0 Å². The van der Waals surface area contributed by atoms with Crippen molar-refractivity contribution in [3.63, 3.8) is 0 Å². The van der Waals surface area contributed by atoms with Gasteiger partial charge in [0.25, 0.3) is 8.32 Å². The molecular weight excluding hydrogens is 946 g/mol. The summed E-state index contributed by atoms with van der Waals surface area (Å²) in [6, 6.07) is 5.42. The van der Waals surface area contributed by atoms with Crippen LogP contribution in [0.25, 0.3) is 32.9 Å². The summed E-state index contributed by atoms with van der Waals surface area (Å²) in [5.41, 5.74) is 2.12. The van der Waals surface area contributed by atoms with E-state index in [0.717, 1.165) is 4.90 Å². The van der Waals surface area contributed by atoms with Gasteiger partial charge in [-0.3, -0.25) is 9.88 Å². The van der Waals surface area contributed by atoms with E-state index in [9.17, 15) is 11.9 Å². The topological polar surface area (TPSA) is 93.2 Å². The maximum atomic E-state index is 18.6. The number of likely N-dealkylation sites (tertiary alicyclic amines) is 1. The molecule has 2 aromatic carbocycles. The lowest BCUT2D eigenvalue weighted by Gasteiger charge is -2.42. The third-order valence-electron chi connectivity index (χ3n) is 16.0. The Kier molecular flexibility index (Phi) is 14.0. The Morgan fingerprint density at radius 1 is 0.944 bits per heavy atom. The van der Waals surface area contributed by atoms with Crippen molar-refractivity contribution in [2.24, 2.45) is 5.41 Å². The van der Waals surface area contributed by atoms with Crippen molar-refractivity contribution in [2.75, 3.05) is 44.6 Å². The molecule has 72 heavy (non-hydrogen) atoms. The van der Waals surface area contributed by atoms with E-state index in [0.29, 0.717) is 35.7 Å². The van der Waals surface area contributed by atoms with Gasteiger partial charge in [-0.05, 0) is 109 Å². The number of carbonyl (C=O) groups is 1. The molecule has 3 saturated heterocycles. The highest BCUT2D eigenvalue weighted by Crippen LogP contribution is 2.47. The highest BCUT2D eigenvalue weighted by atomic mass is 28.4. The van der Waals surface area contributed by atoms with E-state index >= 15 is 8.78 Å². The number of aromatic nitrogens is 3. The Bertz CT molecular complexity index is 2920. The van der Waals surface area contributed by atoms with Crippen LogP contribution >= 0.6 is 0 Å². The standard InChI is InChI=1S/C57H81F3N6O4Si2/c1-34(2)71(35(3)4,36(5)6)25-23-45-48(59)21-18-40-26-44(70-72(37(7)8,38(9)10)39(11)12)27-46(49(40)45)51-50(60)52-47(29-61-51)53(63-54(62-52)68-33-57(16)32-64(17)24-22-41(57)28-58)65-30-42-19-20-43(31-65)66(42)55(67)69-56(13,14)15/h18,21,26-29,34-39,42-43H,19-20,22,24,30-33H2,1-17H3/b41-28+/t42-,43+,57-/m0/s1/i17D3,33D2. The van der Waals surface area contributed by atoms with E-state index < -0.39 is 71.2 Å². The van der Waals surface area contributed by atoms with Gasteiger partial charge in [-0.1, -0.05) is 102 Å². The minimum Gasteiger partial charge on any atom is -0.543 e. The summed E-state index contributed by atoms with van der Waals surface area (Å²) in [6.45, 7) is 27.4. The van der Waals surface area contributed by atoms with Crippen LogP contribution in [-0.2, 0) is 4.74 Å². The molecule has 0 saturated carbocycles. The quantitative estimate of drug-likeness (QED) is 0.0959. The number of nitrogens with zero attached hydrogens (tertiary/aromatic N) is 6. The second kappa shape index (κ2) is 20.9. The van der Waals surface area contributed by atoms with Crippen LogP contribution < -0.4 is 14.1 Å². The van der Waals surface area contributed by atoms with Crippen molar-refractivity contribution in [1.29, 1.82) is 0 Å². The molecule has 392 valence electrons. The summed E-state index contributed by atoms with van der Waals surface area (Å²) in [6.07, 6.45) is 2.51. The summed E-state index contributed by atoms with van der Waals surface area (Å²) in [5, 5.41) is 1.06. The van der Waals surface area contributed by atoms with Crippen LogP contribution in [0.2, 0.25) is 33.2 Å². The van der Waals surface area contributed by atoms with Crippen molar-refractivity contribution in [2.45, 2.75) is 181 Å². The van der Waals surface area contributed by atoms with Crippen LogP contribution in [0.15, 0.2) is 42.4 Å². The Labute approximate surface area is 437 Å². The molecule has 3 atom stereocenters. The lowest BCUT2D eigenvalue weighted by molar-refractivity contribution is 0.0122. The Morgan fingerprint density at radius 2 is 1.57 bits per heavy atom. The molecule has 15 heteroatoms. The van der Waals surface area contributed by atoms with Crippen LogP contribution in [0.1, 0.15) is 142 Å². The lowest BCUT2D eigenvalue weighted by atomic mass is 9.78. The molecule has 0 unspecified atom stereocenters. The number of amides is 1. The minimum atomic E-state index is -2.87. The molecule has 0 aliphatic carbocycles. The summed E-state index contributed by atoms with van der Waals surface area (Å²) in [5.74, 6) is 2.47. The third-order valence-corrected chi connectivity index (χ3v) is 28.3. The van der Waals surface area contributed by atoms with Crippen molar-refractivity contribution >= 4 is 50.0 Å². The average molecular weight is 1030 g/mol. The number of halogens is 3. The molecule has 0 radical (unpaired) electrons. The second-order valence-corrected chi connectivity index (χ2v) is 34.5. The largest absolute Gasteiger partial charge is 0.543 e. The Balaban J connectivity index is 1.51. The molecule has 2 bridgehead atoms. The second-order valence-electron chi connectivity index (χ2n) is 23.6. The van der Waals surface area contributed by atoms with Crippen LogP contribution in [0.4, 0.5) is 23.8 Å². The molecule has 0 N–H and O–H groups in total. The maximum Gasteiger partial charge on any atom is 0.410 e. The van der Waals surface area contributed by atoms with E-state index in [1.54, 1.807) is 37.8 Å². The first-order chi connectivity index (χ1) is 35.6. The number of rotatable bonds is 13. The molecule has 10 nitrogen and oxygen atoms in total. The van der Waals surface area contributed by atoms with Gasteiger partial charge in [-0.2, -0.15) is 9.97 Å². The van der Waals surface area contributed by atoms with Gasteiger partial charge in [-0.15, -0.1) is 5.54 Å². The fraction of sp³-hybridized carbons (Fsp3) is 0.614. The highest BCUT2D eigenvalue weighted by molar-refractivity contribution is 6.90.